The van der Waals surface area contributed by atoms with Gasteiger partial charge in [-0.1, -0.05) is 30.3 Å². The molecule has 3 aromatic rings. The van der Waals surface area contributed by atoms with E-state index in [0.29, 0.717) is 5.39 Å². The minimum absolute atomic E-state index is 0.0589. The van der Waals surface area contributed by atoms with Crippen molar-refractivity contribution >= 4 is 16.9 Å². The lowest BCUT2D eigenvalue weighted by atomic mass is 10.1. The van der Waals surface area contributed by atoms with Gasteiger partial charge in [0.2, 0.25) is 5.43 Å². The van der Waals surface area contributed by atoms with Crippen LogP contribution < -0.4 is 5.43 Å². The van der Waals surface area contributed by atoms with Crippen LogP contribution in [0, 0.1) is 6.92 Å². The number of fused-ring (bicyclic) bond motifs is 1. The lowest BCUT2D eigenvalue weighted by Crippen LogP contribution is -2.20. The van der Waals surface area contributed by atoms with Crippen LogP contribution >= 0.6 is 0 Å². The molecule has 5 nitrogen and oxygen atoms in total. The van der Waals surface area contributed by atoms with Crippen molar-refractivity contribution in [2.24, 2.45) is 7.05 Å². The summed E-state index contributed by atoms with van der Waals surface area (Å²) in [5, 5.41) is 0.525. The third-order valence-electron chi connectivity index (χ3n) is 3.87. The summed E-state index contributed by atoms with van der Waals surface area (Å²) in [5.41, 5.74) is 3.14. The topological polar surface area (TPSA) is 64.1 Å². The molecule has 1 aromatic carbocycles. The highest BCUT2D eigenvalue weighted by Gasteiger charge is 2.20. The van der Waals surface area contributed by atoms with Crippen molar-refractivity contribution in [1.82, 2.24) is 9.55 Å². The predicted octanol–water partition coefficient (Wildman–Crippen LogP) is 3.02. The first-order valence-corrected chi connectivity index (χ1v) is 7.49. The number of carbonyl (C=O) groups is 1. The lowest BCUT2D eigenvalue weighted by Gasteiger charge is -2.08. The van der Waals surface area contributed by atoms with E-state index < -0.39 is 5.97 Å². The Balaban J connectivity index is 2.32. The minimum atomic E-state index is -0.586. The van der Waals surface area contributed by atoms with Crippen LogP contribution in [0.2, 0.25) is 0 Å². The van der Waals surface area contributed by atoms with Gasteiger partial charge >= 0.3 is 5.97 Å². The SMILES string of the molecule is CCOC(=O)c1cn(C)c2c(-c3ccccc3)[nH]c(C)c2c1=O. The number of rotatable bonds is 3. The Bertz CT molecular complexity index is 936. The molecule has 0 saturated heterocycles. The zero-order chi connectivity index (χ0) is 16.6. The number of carbonyl (C=O) groups excluding carboxylic acids is 1. The third kappa shape index (κ3) is 2.44. The molecule has 0 saturated carbocycles. The van der Waals surface area contributed by atoms with Gasteiger partial charge in [0.25, 0.3) is 0 Å². The zero-order valence-electron chi connectivity index (χ0n) is 13.3. The fourth-order valence-electron chi connectivity index (χ4n) is 2.86. The second-order valence-corrected chi connectivity index (χ2v) is 5.42. The molecule has 0 aliphatic rings. The molecule has 0 spiro atoms. The summed E-state index contributed by atoms with van der Waals surface area (Å²) in [5.74, 6) is -0.586. The predicted molar refractivity (Wildman–Crippen MR) is 89.7 cm³/mol. The molecule has 1 N–H and O–H groups in total. The average molecular weight is 310 g/mol. The van der Waals surface area contributed by atoms with Crippen LogP contribution in [0.25, 0.3) is 22.2 Å². The van der Waals surface area contributed by atoms with Gasteiger partial charge in [-0.3, -0.25) is 4.79 Å². The average Bonchev–Trinajstić information content (AvgIpc) is 2.90. The Morgan fingerprint density at radius 1 is 1.26 bits per heavy atom. The van der Waals surface area contributed by atoms with Gasteiger partial charge in [0.05, 0.1) is 23.2 Å². The molecule has 5 heteroatoms. The summed E-state index contributed by atoms with van der Waals surface area (Å²) < 4.78 is 6.78. The van der Waals surface area contributed by atoms with Gasteiger partial charge in [-0.15, -0.1) is 0 Å². The van der Waals surface area contributed by atoms with Gasteiger partial charge in [0.15, 0.2) is 0 Å². The molecule has 0 fully saturated rings. The van der Waals surface area contributed by atoms with E-state index >= 15 is 0 Å². The van der Waals surface area contributed by atoms with Crippen LogP contribution in [0.3, 0.4) is 0 Å². The van der Waals surface area contributed by atoms with E-state index in [1.807, 2.05) is 44.3 Å². The van der Waals surface area contributed by atoms with E-state index in [2.05, 4.69) is 4.98 Å². The van der Waals surface area contributed by atoms with Gasteiger partial charge in [0.1, 0.15) is 5.56 Å². The summed E-state index contributed by atoms with van der Waals surface area (Å²) in [6.07, 6.45) is 1.54. The maximum atomic E-state index is 12.7. The Hall–Kier alpha value is -2.82. The monoisotopic (exact) mass is 310 g/mol. The Morgan fingerprint density at radius 3 is 2.61 bits per heavy atom. The largest absolute Gasteiger partial charge is 0.462 e. The van der Waals surface area contributed by atoms with Crippen LogP contribution in [-0.2, 0) is 11.8 Å². The molecule has 2 aromatic heterocycles. The summed E-state index contributed by atoms with van der Waals surface area (Å²) in [4.78, 5) is 28.0. The summed E-state index contributed by atoms with van der Waals surface area (Å²) in [7, 11) is 1.82. The standard InChI is InChI=1S/C18H18N2O3/c1-4-23-18(22)13-10-20(3)16-14(17(13)21)11(2)19-15(16)12-8-6-5-7-9-12/h5-10,19H,4H2,1-3H3. The quantitative estimate of drug-likeness (QED) is 0.756. The smallest absolute Gasteiger partial charge is 0.343 e. The number of aryl methyl sites for hydroxylation is 2. The van der Waals surface area contributed by atoms with Gasteiger partial charge < -0.3 is 14.3 Å². The van der Waals surface area contributed by atoms with Crippen molar-refractivity contribution in [3.63, 3.8) is 0 Å². The minimum Gasteiger partial charge on any atom is -0.462 e. The highest BCUT2D eigenvalue weighted by Crippen LogP contribution is 2.28. The maximum Gasteiger partial charge on any atom is 0.343 e. The van der Waals surface area contributed by atoms with E-state index in [0.717, 1.165) is 22.5 Å². The maximum absolute atomic E-state index is 12.7. The fraction of sp³-hybridized carbons (Fsp3) is 0.222. The van der Waals surface area contributed by atoms with Crippen molar-refractivity contribution in [2.75, 3.05) is 6.61 Å². The first kappa shape index (κ1) is 15.1. The molecule has 0 aliphatic carbocycles. The van der Waals surface area contributed by atoms with E-state index in [1.165, 1.54) is 0 Å². The van der Waals surface area contributed by atoms with Crippen LogP contribution in [0.15, 0.2) is 41.3 Å². The van der Waals surface area contributed by atoms with E-state index in [-0.39, 0.29) is 17.6 Å². The number of benzene rings is 1. The van der Waals surface area contributed by atoms with Crippen LogP contribution in [0.4, 0.5) is 0 Å². The fourth-order valence-corrected chi connectivity index (χ4v) is 2.86. The van der Waals surface area contributed by atoms with Crippen molar-refractivity contribution in [2.45, 2.75) is 13.8 Å². The number of hydrogen-bond donors (Lipinski definition) is 1. The second-order valence-electron chi connectivity index (χ2n) is 5.42. The third-order valence-corrected chi connectivity index (χ3v) is 3.87. The Kier molecular flexibility index (Phi) is 3.78. The molecular formula is C18H18N2O3. The van der Waals surface area contributed by atoms with Crippen molar-refractivity contribution in [1.29, 1.82) is 0 Å². The number of H-pyrrole nitrogens is 1. The van der Waals surface area contributed by atoms with Crippen LogP contribution in [0.1, 0.15) is 23.0 Å². The molecule has 2 heterocycles. The van der Waals surface area contributed by atoms with Crippen LogP contribution in [0.5, 0.6) is 0 Å². The van der Waals surface area contributed by atoms with Gasteiger partial charge in [-0.2, -0.15) is 0 Å². The van der Waals surface area contributed by atoms with Crippen molar-refractivity contribution in [3.05, 3.63) is 58.0 Å². The Morgan fingerprint density at radius 2 is 1.96 bits per heavy atom. The zero-order valence-corrected chi connectivity index (χ0v) is 13.3. The second kappa shape index (κ2) is 5.76. The number of hydrogen-bond acceptors (Lipinski definition) is 3. The molecule has 3 rings (SSSR count). The summed E-state index contributed by atoms with van der Waals surface area (Å²) >= 11 is 0. The lowest BCUT2D eigenvalue weighted by molar-refractivity contribution is 0.0524. The molecule has 0 bridgehead atoms. The molecule has 0 radical (unpaired) electrons. The number of nitrogens with one attached hydrogen (secondary N) is 1. The molecule has 0 unspecified atom stereocenters. The first-order valence-electron chi connectivity index (χ1n) is 7.49. The van der Waals surface area contributed by atoms with Crippen molar-refractivity contribution in [3.8, 4) is 11.3 Å². The number of esters is 1. The highest BCUT2D eigenvalue weighted by atomic mass is 16.5. The summed E-state index contributed by atoms with van der Waals surface area (Å²) in [6.45, 7) is 3.79. The molecule has 118 valence electrons. The molecule has 0 atom stereocenters. The van der Waals surface area contributed by atoms with Gasteiger partial charge in [-0.25, -0.2) is 4.79 Å². The van der Waals surface area contributed by atoms with Crippen LogP contribution in [-0.4, -0.2) is 22.1 Å². The number of ether oxygens (including phenoxy) is 1. The normalized spacial score (nSPS) is 10.9. The molecule has 23 heavy (non-hydrogen) atoms. The number of aromatic amines is 1. The van der Waals surface area contributed by atoms with Gasteiger partial charge in [0, 0.05) is 24.5 Å². The molecular weight excluding hydrogens is 292 g/mol. The molecule has 0 amide bonds. The van der Waals surface area contributed by atoms with Gasteiger partial charge in [-0.05, 0) is 13.8 Å². The number of aromatic nitrogens is 2. The first-order chi connectivity index (χ1) is 11.0. The van der Waals surface area contributed by atoms with Crippen molar-refractivity contribution < 1.29 is 9.53 Å². The Labute approximate surface area is 133 Å². The number of pyridine rings is 1. The van der Waals surface area contributed by atoms with E-state index in [4.69, 9.17) is 4.74 Å². The van der Waals surface area contributed by atoms with E-state index in [1.54, 1.807) is 17.7 Å². The highest BCUT2D eigenvalue weighted by molar-refractivity contribution is 5.99. The number of nitrogens with zero attached hydrogens (tertiary/aromatic N) is 1. The molecule has 0 aliphatic heterocycles. The summed E-state index contributed by atoms with van der Waals surface area (Å²) in [6, 6.07) is 9.80. The van der Waals surface area contributed by atoms with E-state index in [9.17, 15) is 9.59 Å².